The second kappa shape index (κ2) is 6.43. The molecule has 0 aromatic heterocycles. The van der Waals surface area contributed by atoms with Gasteiger partial charge in [0.25, 0.3) is 0 Å². The number of allylic oxidation sites excluding steroid dienone is 2. The van der Waals surface area contributed by atoms with Crippen LogP contribution in [-0.2, 0) is 9.59 Å². The average Bonchev–Trinajstić information content (AvgIpc) is 2.49. The van der Waals surface area contributed by atoms with Crippen molar-refractivity contribution in [2.75, 3.05) is 5.32 Å². The van der Waals surface area contributed by atoms with Crippen molar-refractivity contribution in [2.45, 2.75) is 19.8 Å². The SMILES string of the molecule is Cc1ccc(C(=O)[O-])cc1NC(=O)[C@@H]1CC=CC[C@H]1C(=O)[O-]. The highest BCUT2D eigenvalue weighted by Crippen LogP contribution is 2.27. The standard InChI is InChI=1S/C16H17NO5/c1-9-6-7-10(15(19)20)8-13(9)17-14(18)11-4-2-3-5-12(11)16(21)22/h2-3,6-8,11-12H,4-5H2,1H3,(H,17,18)(H,19,20)(H,21,22)/p-2/t11-,12-/m1/s1. The first kappa shape index (κ1) is 15.8. The van der Waals surface area contributed by atoms with Crippen molar-refractivity contribution in [1.29, 1.82) is 0 Å². The van der Waals surface area contributed by atoms with E-state index in [2.05, 4.69) is 5.32 Å². The van der Waals surface area contributed by atoms with Gasteiger partial charge < -0.3 is 25.1 Å². The molecular formula is C16H15NO5-2. The molecule has 1 aromatic rings. The molecule has 1 amide bonds. The summed E-state index contributed by atoms with van der Waals surface area (Å²) in [5.41, 5.74) is 0.953. The fourth-order valence-corrected chi connectivity index (χ4v) is 2.47. The van der Waals surface area contributed by atoms with Crippen LogP contribution in [0, 0.1) is 18.8 Å². The molecule has 22 heavy (non-hydrogen) atoms. The fourth-order valence-electron chi connectivity index (χ4n) is 2.47. The van der Waals surface area contributed by atoms with Gasteiger partial charge in [0.2, 0.25) is 5.91 Å². The van der Waals surface area contributed by atoms with Crippen molar-refractivity contribution in [1.82, 2.24) is 0 Å². The number of hydrogen-bond donors (Lipinski definition) is 1. The minimum Gasteiger partial charge on any atom is -0.550 e. The van der Waals surface area contributed by atoms with E-state index in [0.717, 1.165) is 0 Å². The van der Waals surface area contributed by atoms with E-state index in [4.69, 9.17) is 0 Å². The summed E-state index contributed by atoms with van der Waals surface area (Å²) in [7, 11) is 0. The summed E-state index contributed by atoms with van der Waals surface area (Å²) in [5, 5.41) is 24.6. The van der Waals surface area contributed by atoms with Gasteiger partial charge in [-0.25, -0.2) is 0 Å². The molecule has 6 heteroatoms. The number of amides is 1. The minimum absolute atomic E-state index is 0.0547. The number of rotatable bonds is 4. The van der Waals surface area contributed by atoms with E-state index in [9.17, 15) is 24.6 Å². The number of nitrogens with one attached hydrogen (secondary N) is 1. The third-order valence-corrected chi connectivity index (χ3v) is 3.80. The second-order valence-electron chi connectivity index (χ2n) is 5.28. The van der Waals surface area contributed by atoms with Crippen molar-refractivity contribution >= 4 is 23.5 Å². The van der Waals surface area contributed by atoms with Gasteiger partial charge in [-0.2, -0.15) is 0 Å². The van der Waals surface area contributed by atoms with E-state index in [0.29, 0.717) is 17.7 Å². The van der Waals surface area contributed by atoms with Crippen LogP contribution >= 0.6 is 0 Å². The molecular weight excluding hydrogens is 286 g/mol. The molecule has 0 heterocycles. The van der Waals surface area contributed by atoms with Crippen LogP contribution in [0.5, 0.6) is 0 Å². The molecule has 0 unspecified atom stereocenters. The highest BCUT2D eigenvalue weighted by molar-refractivity contribution is 5.97. The first-order valence-corrected chi connectivity index (χ1v) is 6.89. The Kier molecular flexibility index (Phi) is 4.60. The zero-order valence-electron chi connectivity index (χ0n) is 12.0. The number of carbonyl (C=O) groups excluding carboxylic acids is 3. The fraction of sp³-hybridized carbons (Fsp3) is 0.312. The van der Waals surface area contributed by atoms with Crippen LogP contribution < -0.4 is 15.5 Å². The number of aliphatic carboxylic acids is 1. The van der Waals surface area contributed by atoms with Crippen LogP contribution in [0.3, 0.4) is 0 Å². The van der Waals surface area contributed by atoms with Gasteiger partial charge in [0.15, 0.2) is 0 Å². The predicted octanol–water partition coefficient (Wildman–Crippen LogP) is -0.371. The Balaban J connectivity index is 2.21. The molecule has 0 saturated carbocycles. The lowest BCUT2D eigenvalue weighted by atomic mass is 9.82. The van der Waals surface area contributed by atoms with Gasteiger partial charge in [0.05, 0.1) is 11.9 Å². The van der Waals surface area contributed by atoms with Gasteiger partial charge >= 0.3 is 0 Å². The van der Waals surface area contributed by atoms with E-state index in [-0.39, 0.29) is 12.0 Å². The van der Waals surface area contributed by atoms with Gasteiger partial charge in [-0.15, -0.1) is 0 Å². The summed E-state index contributed by atoms with van der Waals surface area (Å²) in [6.07, 6.45) is 4.03. The summed E-state index contributed by atoms with van der Waals surface area (Å²) in [6, 6.07) is 4.24. The lowest BCUT2D eigenvalue weighted by Gasteiger charge is -2.28. The normalized spacial score (nSPS) is 20.4. The van der Waals surface area contributed by atoms with Crippen molar-refractivity contribution in [3.63, 3.8) is 0 Å². The highest BCUT2D eigenvalue weighted by Gasteiger charge is 2.30. The summed E-state index contributed by atoms with van der Waals surface area (Å²) >= 11 is 0. The number of carbonyl (C=O) groups is 3. The average molecular weight is 301 g/mol. The van der Waals surface area contributed by atoms with Gasteiger partial charge in [-0.1, -0.05) is 24.3 Å². The molecule has 6 nitrogen and oxygen atoms in total. The zero-order valence-corrected chi connectivity index (χ0v) is 12.0. The molecule has 1 aromatic carbocycles. The lowest BCUT2D eigenvalue weighted by molar-refractivity contribution is -0.313. The predicted molar refractivity (Wildman–Crippen MR) is 74.5 cm³/mol. The zero-order chi connectivity index (χ0) is 16.3. The molecule has 0 spiro atoms. The van der Waals surface area contributed by atoms with Crippen LogP contribution in [0.15, 0.2) is 30.4 Å². The molecule has 0 radical (unpaired) electrons. The molecule has 0 fully saturated rings. The molecule has 2 atom stereocenters. The van der Waals surface area contributed by atoms with Crippen LogP contribution in [0.1, 0.15) is 28.8 Å². The summed E-state index contributed by atoms with van der Waals surface area (Å²) in [4.78, 5) is 34.3. The van der Waals surface area contributed by atoms with Gasteiger partial charge in [-0.3, -0.25) is 4.79 Å². The quantitative estimate of drug-likeness (QED) is 0.763. The highest BCUT2D eigenvalue weighted by atomic mass is 16.4. The monoisotopic (exact) mass is 301 g/mol. The molecule has 0 bridgehead atoms. The summed E-state index contributed by atoms with van der Waals surface area (Å²) in [6.45, 7) is 1.71. The maximum absolute atomic E-state index is 12.3. The Bertz CT molecular complexity index is 650. The molecule has 116 valence electrons. The van der Waals surface area contributed by atoms with Gasteiger partial charge in [-0.05, 0) is 37.0 Å². The number of carboxylic acid groups (broad SMARTS) is 2. The number of aryl methyl sites for hydroxylation is 1. The van der Waals surface area contributed by atoms with Crippen molar-refractivity contribution in [3.8, 4) is 0 Å². The lowest BCUT2D eigenvalue weighted by Crippen LogP contribution is -2.41. The molecule has 1 N–H and O–H groups in total. The van der Waals surface area contributed by atoms with Gasteiger partial charge in [0, 0.05) is 17.6 Å². The largest absolute Gasteiger partial charge is 0.550 e. The van der Waals surface area contributed by atoms with E-state index in [1.807, 2.05) is 0 Å². The van der Waals surface area contributed by atoms with Crippen molar-refractivity contribution < 1.29 is 24.6 Å². The van der Waals surface area contributed by atoms with E-state index in [1.54, 1.807) is 25.1 Å². The number of benzene rings is 1. The van der Waals surface area contributed by atoms with E-state index in [1.165, 1.54) is 12.1 Å². The maximum atomic E-state index is 12.3. The van der Waals surface area contributed by atoms with E-state index >= 15 is 0 Å². The van der Waals surface area contributed by atoms with Gasteiger partial charge in [0.1, 0.15) is 0 Å². The van der Waals surface area contributed by atoms with Crippen LogP contribution in [0.4, 0.5) is 5.69 Å². The Morgan fingerprint density at radius 1 is 1.09 bits per heavy atom. The number of aromatic carboxylic acids is 1. The number of hydrogen-bond acceptors (Lipinski definition) is 5. The molecule has 1 aliphatic rings. The van der Waals surface area contributed by atoms with Crippen molar-refractivity contribution in [3.05, 3.63) is 41.5 Å². The van der Waals surface area contributed by atoms with Crippen LogP contribution in [-0.4, -0.2) is 17.8 Å². The van der Waals surface area contributed by atoms with Crippen LogP contribution in [0.2, 0.25) is 0 Å². The minimum atomic E-state index is -1.34. The summed E-state index contributed by atoms with van der Waals surface area (Å²) in [5.74, 6) is -4.68. The Labute approximate surface area is 127 Å². The number of carboxylic acids is 2. The van der Waals surface area contributed by atoms with Crippen molar-refractivity contribution in [2.24, 2.45) is 11.8 Å². The Morgan fingerprint density at radius 2 is 1.73 bits per heavy atom. The second-order valence-corrected chi connectivity index (χ2v) is 5.28. The third-order valence-electron chi connectivity index (χ3n) is 3.80. The molecule has 2 rings (SSSR count). The topological polar surface area (TPSA) is 109 Å². The molecule has 0 aliphatic heterocycles. The first-order chi connectivity index (χ1) is 10.4. The smallest absolute Gasteiger partial charge is 0.228 e. The maximum Gasteiger partial charge on any atom is 0.228 e. The summed E-state index contributed by atoms with van der Waals surface area (Å²) < 4.78 is 0. The Morgan fingerprint density at radius 3 is 2.32 bits per heavy atom. The van der Waals surface area contributed by atoms with Crippen LogP contribution in [0.25, 0.3) is 0 Å². The Hall–Kier alpha value is -2.63. The molecule has 1 aliphatic carbocycles. The number of anilines is 1. The molecule has 0 saturated heterocycles. The van der Waals surface area contributed by atoms with E-state index < -0.39 is 29.7 Å². The third kappa shape index (κ3) is 3.33. The first-order valence-electron chi connectivity index (χ1n) is 6.89.